The second kappa shape index (κ2) is 17.1. The molecule has 0 aromatic heterocycles. The van der Waals surface area contributed by atoms with E-state index < -0.39 is 5.41 Å². The van der Waals surface area contributed by atoms with Crippen molar-refractivity contribution in [3.8, 4) is 0 Å². The van der Waals surface area contributed by atoms with Crippen LogP contribution in [0.25, 0.3) is 0 Å². The summed E-state index contributed by atoms with van der Waals surface area (Å²) >= 11 is 0. The number of hydrogen-bond acceptors (Lipinski definition) is 5. The van der Waals surface area contributed by atoms with Crippen LogP contribution in [-0.4, -0.2) is 51.7 Å². The third kappa shape index (κ3) is 24.3. The standard InChI is InChI=1S/C11H24O3.C11H16.C9H18O2/c1-11(2,3)5-6-13-9-10-14-8-7-12-4;1-9-5-7-10(8-6-9)11(2,3)4;1-8(2,3)7(10)11-9(4,5)6/h5-10H2,1-4H3;5-8H,1-4H3;1-6H3. The zero-order valence-corrected chi connectivity index (χ0v) is 26.1. The molecule has 5 nitrogen and oxygen atoms in total. The average molecular weight is 511 g/mol. The van der Waals surface area contributed by atoms with E-state index in [1.165, 1.54) is 11.1 Å². The molecule has 36 heavy (non-hydrogen) atoms. The molecule has 0 heterocycles. The minimum atomic E-state index is -0.396. The van der Waals surface area contributed by atoms with Crippen LogP contribution in [0.15, 0.2) is 24.3 Å². The van der Waals surface area contributed by atoms with Crippen LogP contribution < -0.4 is 0 Å². The van der Waals surface area contributed by atoms with Gasteiger partial charge in [-0.15, -0.1) is 0 Å². The first-order valence-electron chi connectivity index (χ1n) is 13.1. The lowest BCUT2D eigenvalue weighted by molar-refractivity contribution is -0.164. The summed E-state index contributed by atoms with van der Waals surface area (Å²) in [4.78, 5) is 11.3. The summed E-state index contributed by atoms with van der Waals surface area (Å²) < 4.78 is 20.7. The third-order valence-electron chi connectivity index (χ3n) is 4.73. The van der Waals surface area contributed by atoms with Gasteiger partial charge < -0.3 is 18.9 Å². The smallest absolute Gasteiger partial charge is 0.311 e. The highest BCUT2D eigenvalue weighted by molar-refractivity contribution is 5.75. The molecule has 0 bridgehead atoms. The zero-order chi connectivity index (χ0) is 28.6. The average Bonchev–Trinajstić information content (AvgIpc) is 2.68. The SMILES string of the molecule is CC(C)(C)OC(=O)C(C)(C)C.COCCOCCOCCC(C)(C)C.Cc1ccc(C(C)(C)C)cc1. The van der Waals surface area contributed by atoms with Crippen molar-refractivity contribution in [1.82, 2.24) is 0 Å². The summed E-state index contributed by atoms with van der Waals surface area (Å²) in [5.74, 6) is -0.148. The Morgan fingerprint density at radius 1 is 0.694 bits per heavy atom. The number of aryl methyl sites for hydroxylation is 1. The Morgan fingerprint density at radius 2 is 1.14 bits per heavy atom. The van der Waals surface area contributed by atoms with E-state index in [9.17, 15) is 4.79 Å². The predicted octanol–water partition coefficient (Wildman–Crippen LogP) is 7.77. The Labute approximate surface area is 223 Å². The Balaban J connectivity index is 0. The zero-order valence-electron chi connectivity index (χ0n) is 26.1. The molecule has 0 aliphatic carbocycles. The molecular weight excluding hydrogens is 452 g/mol. The quantitative estimate of drug-likeness (QED) is 0.264. The predicted molar refractivity (Wildman–Crippen MR) is 153 cm³/mol. The Morgan fingerprint density at radius 3 is 1.47 bits per heavy atom. The number of hydrogen-bond donors (Lipinski definition) is 0. The fourth-order valence-corrected chi connectivity index (χ4v) is 2.33. The van der Waals surface area contributed by atoms with E-state index in [-0.39, 0.29) is 17.0 Å². The first kappa shape index (κ1) is 36.7. The molecule has 0 aliphatic heterocycles. The molecular formula is C31H58O5. The van der Waals surface area contributed by atoms with Crippen molar-refractivity contribution in [3.05, 3.63) is 35.4 Å². The maximum Gasteiger partial charge on any atom is 0.311 e. The summed E-state index contributed by atoms with van der Waals surface area (Å²) in [5, 5.41) is 0. The number of benzene rings is 1. The van der Waals surface area contributed by atoms with Crippen molar-refractivity contribution in [2.24, 2.45) is 10.8 Å². The van der Waals surface area contributed by atoms with Crippen molar-refractivity contribution in [2.75, 3.05) is 40.1 Å². The molecule has 5 heteroatoms. The number of carbonyl (C=O) groups excluding carboxylic acids is 1. The van der Waals surface area contributed by atoms with E-state index in [1.54, 1.807) is 7.11 Å². The van der Waals surface area contributed by atoms with Gasteiger partial charge in [0.2, 0.25) is 0 Å². The van der Waals surface area contributed by atoms with Crippen LogP contribution in [0.3, 0.4) is 0 Å². The Kier molecular flexibility index (Phi) is 17.5. The molecule has 0 radical (unpaired) electrons. The second-order valence-electron chi connectivity index (χ2n) is 13.4. The summed E-state index contributed by atoms with van der Waals surface area (Å²) in [6.07, 6.45) is 1.09. The highest BCUT2D eigenvalue weighted by Gasteiger charge is 2.27. The lowest BCUT2D eigenvalue weighted by Gasteiger charge is -2.25. The molecule has 212 valence electrons. The molecule has 1 aromatic carbocycles. The molecule has 0 aliphatic rings. The summed E-state index contributed by atoms with van der Waals surface area (Å²) in [6, 6.07) is 8.74. The summed E-state index contributed by atoms with van der Waals surface area (Å²) in [6.45, 7) is 30.1. The lowest BCUT2D eigenvalue weighted by atomic mass is 9.87. The van der Waals surface area contributed by atoms with Gasteiger partial charge in [0.1, 0.15) is 5.60 Å². The number of methoxy groups -OCH3 is 1. The molecule has 0 fully saturated rings. The number of esters is 1. The van der Waals surface area contributed by atoms with Gasteiger partial charge in [0.05, 0.1) is 31.8 Å². The maximum absolute atomic E-state index is 11.3. The van der Waals surface area contributed by atoms with Gasteiger partial charge in [-0.3, -0.25) is 4.79 Å². The van der Waals surface area contributed by atoms with Crippen molar-refractivity contribution < 1.29 is 23.7 Å². The highest BCUT2D eigenvalue weighted by Crippen LogP contribution is 2.22. The molecule has 0 spiro atoms. The molecule has 0 saturated heterocycles. The number of rotatable bonds is 8. The van der Waals surface area contributed by atoms with Crippen LogP contribution >= 0.6 is 0 Å². The molecule has 0 atom stereocenters. The van der Waals surface area contributed by atoms with Crippen LogP contribution in [0.1, 0.15) is 101 Å². The van der Waals surface area contributed by atoms with E-state index in [4.69, 9.17) is 18.9 Å². The monoisotopic (exact) mass is 510 g/mol. The van der Waals surface area contributed by atoms with E-state index in [1.807, 2.05) is 41.5 Å². The molecule has 0 amide bonds. The first-order valence-corrected chi connectivity index (χ1v) is 13.1. The minimum Gasteiger partial charge on any atom is -0.460 e. The lowest BCUT2D eigenvalue weighted by Crippen LogP contribution is -2.31. The van der Waals surface area contributed by atoms with Crippen LogP contribution in [0, 0.1) is 17.8 Å². The first-order chi connectivity index (χ1) is 16.2. The minimum absolute atomic E-state index is 0.148. The van der Waals surface area contributed by atoms with Crippen LogP contribution in [-0.2, 0) is 29.2 Å². The van der Waals surface area contributed by atoms with E-state index in [0.717, 1.165) is 13.0 Å². The van der Waals surface area contributed by atoms with E-state index in [2.05, 4.69) is 72.7 Å². The number of ether oxygens (including phenoxy) is 4. The van der Waals surface area contributed by atoms with Gasteiger partial charge in [-0.05, 0) is 71.3 Å². The summed E-state index contributed by atoms with van der Waals surface area (Å²) in [5.41, 5.74) is 2.61. The van der Waals surface area contributed by atoms with Gasteiger partial charge in [0, 0.05) is 13.7 Å². The molecule has 0 saturated carbocycles. The van der Waals surface area contributed by atoms with Gasteiger partial charge in [-0.1, -0.05) is 71.4 Å². The Hall–Kier alpha value is -1.43. The third-order valence-corrected chi connectivity index (χ3v) is 4.73. The van der Waals surface area contributed by atoms with Crippen molar-refractivity contribution in [2.45, 2.75) is 107 Å². The summed E-state index contributed by atoms with van der Waals surface area (Å²) in [7, 11) is 1.67. The topological polar surface area (TPSA) is 54.0 Å². The second-order valence-corrected chi connectivity index (χ2v) is 13.4. The fraction of sp³-hybridized carbons (Fsp3) is 0.774. The van der Waals surface area contributed by atoms with Gasteiger partial charge in [-0.25, -0.2) is 0 Å². The number of carbonyl (C=O) groups is 1. The fourth-order valence-electron chi connectivity index (χ4n) is 2.33. The largest absolute Gasteiger partial charge is 0.460 e. The van der Waals surface area contributed by atoms with Crippen molar-refractivity contribution in [1.29, 1.82) is 0 Å². The van der Waals surface area contributed by atoms with Gasteiger partial charge in [0.15, 0.2) is 0 Å². The van der Waals surface area contributed by atoms with Gasteiger partial charge >= 0.3 is 5.97 Å². The normalized spacial score (nSPS) is 12.2. The molecule has 0 unspecified atom stereocenters. The molecule has 1 rings (SSSR count). The van der Waals surface area contributed by atoms with Crippen LogP contribution in [0.4, 0.5) is 0 Å². The van der Waals surface area contributed by atoms with Crippen molar-refractivity contribution >= 4 is 5.97 Å². The van der Waals surface area contributed by atoms with Crippen LogP contribution in [0.2, 0.25) is 0 Å². The van der Waals surface area contributed by atoms with Gasteiger partial charge in [0.25, 0.3) is 0 Å². The van der Waals surface area contributed by atoms with E-state index >= 15 is 0 Å². The molecule has 1 aromatic rings. The maximum atomic E-state index is 11.3. The highest BCUT2D eigenvalue weighted by atomic mass is 16.6. The van der Waals surface area contributed by atoms with Crippen LogP contribution in [0.5, 0.6) is 0 Å². The van der Waals surface area contributed by atoms with Gasteiger partial charge in [-0.2, -0.15) is 0 Å². The molecule has 0 N–H and O–H groups in total. The van der Waals surface area contributed by atoms with E-state index in [0.29, 0.717) is 31.8 Å². The van der Waals surface area contributed by atoms with Crippen molar-refractivity contribution in [3.63, 3.8) is 0 Å². The Bertz CT molecular complexity index is 680.